The van der Waals surface area contributed by atoms with Crippen LogP contribution in [0.3, 0.4) is 0 Å². The zero-order valence-electron chi connectivity index (χ0n) is 14.2. The van der Waals surface area contributed by atoms with Crippen LogP contribution in [-0.4, -0.2) is 25.8 Å². The summed E-state index contributed by atoms with van der Waals surface area (Å²) in [6.07, 6.45) is -1.87. The third-order valence-electron chi connectivity index (χ3n) is 4.82. The zero-order chi connectivity index (χ0) is 17.5. The fraction of sp³-hybridized carbons (Fsp3) is 0.688. The second kappa shape index (κ2) is 6.09. The summed E-state index contributed by atoms with van der Waals surface area (Å²) in [5.74, 6) is -0.327. The summed E-state index contributed by atoms with van der Waals surface area (Å²) in [5.41, 5.74) is 0.514. The van der Waals surface area contributed by atoms with Gasteiger partial charge in [-0.05, 0) is 43.0 Å². The lowest BCUT2D eigenvalue weighted by molar-refractivity contribution is -0.276. The van der Waals surface area contributed by atoms with E-state index in [1.165, 1.54) is 6.20 Å². The molecule has 23 heavy (non-hydrogen) atoms. The van der Waals surface area contributed by atoms with Crippen LogP contribution in [0.25, 0.3) is 0 Å². The highest BCUT2D eigenvalue weighted by Gasteiger charge is 2.43. The fourth-order valence-electron chi connectivity index (χ4n) is 2.42. The standard InChI is InChI=1S/C16H24F3NO2Si/c1-15(2,3)23(4,5)22-12-9-11(10-12)13-7-6-8-20-14(13)21-16(17,18)19/h6-8,11-12H,9-10H2,1-5H3. The molecule has 1 heterocycles. The van der Waals surface area contributed by atoms with E-state index in [0.29, 0.717) is 18.4 Å². The molecular formula is C16H24F3NO2Si. The van der Waals surface area contributed by atoms with Crippen molar-refractivity contribution in [2.45, 2.75) is 70.1 Å². The first kappa shape index (κ1) is 18.3. The van der Waals surface area contributed by atoms with E-state index in [1.54, 1.807) is 12.1 Å². The van der Waals surface area contributed by atoms with Gasteiger partial charge in [0, 0.05) is 17.9 Å². The summed E-state index contributed by atoms with van der Waals surface area (Å²) in [6, 6.07) is 3.29. The molecule has 3 nitrogen and oxygen atoms in total. The summed E-state index contributed by atoms with van der Waals surface area (Å²) in [4.78, 5) is 3.73. The Kier molecular flexibility index (Phi) is 4.83. The first-order valence-electron chi connectivity index (χ1n) is 7.77. The molecule has 1 aromatic heterocycles. The monoisotopic (exact) mass is 347 g/mol. The van der Waals surface area contributed by atoms with Crippen molar-refractivity contribution in [3.05, 3.63) is 23.9 Å². The van der Waals surface area contributed by atoms with Gasteiger partial charge >= 0.3 is 6.36 Å². The number of rotatable bonds is 4. The van der Waals surface area contributed by atoms with Gasteiger partial charge in [-0.15, -0.1) is 13.2 Å². The molecule has 0 aliphatic heterocycles. The summed E-state index contributed by atoms with van der Waals surface area (Å²) >= 11 is 0. The molecule has 7 heteroatoms. The molecule has 0 saturated heterocycles. The van der Waals surface area contributed by atoms with Crippen molar-refractivity contribution in [2.24, 2.45) is 0 Å². The first-order valence-corrected chi connectivity index (χ1v) is 10.7. The van der Waals surface area contributed by atoms with Gasteiger partial charge in [0.05, 0.1) is 0 Å². The van der Waals surface area contributed by atoms with Crippen molar-refractivity contribution < 1.29 is 22.3 Å². The first-order chi connectivity index (χ1) is 10.4. The Bertz CT molecular complexity index is 549. The zero-order valence-corrected chi connectivity index (χ0v) is 15.2. The van der Waals surface area contributed by atoms with Crippen LogP contribution in [0.4, 0.5) is 13.2 Å². The number of ether oxygens (including phenoxy) is 1. The van der Waals surface area contributed by atoms with Gasteiger partial charge in [0.1, 0.15) is 0 Å². The van der Waals surface area contributed by atoms with Crippen molar-refractivity contribution in [3.8, 4) is 5.88 Å². The third kappa shape index (κ3) is 4.47. The molecule has 1 saturated carbocycles. The Labute approximate surface area is 136 Å². The molecular weight excluding hydrogens is 323 g/mol. The number of hydrogen-bond acceptors (Lipinski definition) is 3. The van der Waals surface area contributed by atoms with Gasteiger partial charge in [-0.2, -0.15) is 0 Å². The number of alkyl halides is 3. The van der Waals surface area contributed by atoms with Gasteiger partial charge in [-0.1, -0.05) is 26.8 Å². The number of halogens is 3. The van der Waals surface area contributed by atoms with Crippen LogP contribution < -0.4 is 4.74 Å². The molecule has 0 aromatic carbocycles. The highest BCUT2D eigenvalue weighted by atomic mass is 28.4. The average Bonchev–Trinajstić information content (AvgIpc) is 2.31. The number of pyridine rings is 1. The van der Waals surface area contributed by atoms with E-state index in [9.17, 15) is 13.2 Å². The number of nitrogens with zero attached hydrogens (tertiary/aromatic N) is 1. The van der Waals surface area contributed by atoms with E-state index in [1.807, 2.05) is 0 Å². The van der Waals surface area contributed by atoms with Crippen LogP contribution in [0.1, 0.15) is 45.1 Å². The quantitative estimate of drug-likeness (QED) is 0.697. The van der Waals surface area contributed by atoms with Crippen LogP contribution in [0.15, 0.2) is 18.3 Å². The topological polar surface area (TPSA) is 31.4 Å². The fourth-order valence-corrected chi connectivity index (χ4v) is 3.80. The Morgan fingerprint density at radius 1 is 1.17 bits per heavy atom. The molecule has 0 N–H and O–H groups in total. The molecule has 130 valence electrons. The predicted octanol–water partition coefficient (Wildman–Crippen LogP) is 5.25. The van der Waals surface area contributed by atoms with Crippen molar-refractivity contribution >= 4 is 8.32 Å². The van der Waals surface area contributed by atoms with E-state index in [-0.39, 0.29) is 22.9 Å². The van der Waals surface area contributed by atoms with Crippen LogP contribution in [0, 0.1) is 0 Å². The Morgan fingerprint density at radius 3 is 2.30 bits per heavy atom. The maximum Gasteiger partial charge on any atom is 0.574 e. The van der Waals surface area contributed by atoms with E-state index < -0.39 is 14.7 Å². The summed E-state index contributed by atoms with van der Waals surface area (Å²) in [5, 5.41) is 0.122. The van der Waals surface area contributed by atoms with Crippen LogP contribution >= 0.6 is 0 Å². The lowest BCUT2D eigenvalue weighted by atomic mass is 9.78. The van der Waals surface area contributed by atoms with Crippen molar-refractivity contribution in [3.63, 3.8) is 0 Å². The van der Waals surface area contributed by atoms with Crippen LogP contribution in [-0.2, 0) is 4.43 Å². The second-order valence-electron chi connectivity index (χ2n) is 7.61. The van der Waals surface area contributed by atoms with Crippen LogP contribution in [0.5, 0.6) is 5.88 Å². The SMILES string of the molecule is CC(C)(C)[Si](C)(C)OC1CC(c2cccnc2OC(F)(F)F)C1. The van der Waals surface area contributed by atoms with Gasteiger partial charge < -0.3 is 9.16 Å². The Balaban J connectivity index is 2.01. The predicted molar refractivity (Wildman–Crippen MR) is 85.0 cm³/mol. The Hall–Kier alpha value is -1.08. The summed E-state index contributed by atoms with van der Waals surface area (Å²) in [6.45, 7) is 10.9. The highest BCUT2D eigenvalue weighted by Crippen LogP contribution is 2.46. The van der Waals surface area contributed by atoms with Crippen molar-refractivity contribution in [1.29, 1.82) is 0 Å². The maximum absolute atomic E-state index is 12.5. The molecule has 0 radical (unpaired) electrons. The van der Waals surface area contributed by atoms with E-state index in [0.717, 1.165) is 0 Å². The minimum absolute atomic E-state index is 0.0100. The van der Waals surface area contributed by atoms with Crippen molar-refractivity contribution in [1.82, 2.24) is 4.98 Å². The van der Waals surface area contributed by atoms with Gasteiger partial charge in [0.2, 0.25) is 5.88 Å². The van der Waals surface area contributed by atoms with Crippen molar-refractivity contribution in [2.75, 3.05) is 0 Å². The lowest BCUT2D eigenvalue weighted by Gasteiger charge is -2.45. The minimum Gasteiger partial charge on any atom is -0.414 e. The van der Waals surface area contributed by atoms with Crippen LogP contribution in [0.2, 0.25) is 18.1 Å². The second-order valence-corrected chi connectivity index (χ2v) is 12.4. The smallest absolute Gasteiger partial charge is 0.414 e. The molecule has 2 rings (SSSR count). The maximum atomic E-state index is 12.5. The molecule has 1 fully saturated rings. The summed E-state index contributed by atoms with van der Waals surface area (Å²) in [7, 11) is -1.85. The number of hydrogen-bond donors (Lipinski definition) is 0. The molecule has 1 aromatic rings. The Morgan fingerprint density at radius 2 is 1.78 bits per heavy atom. The molecule has 1 aliphatic rings. The number of aromatic nitrogens is 1. The molecule has 0 atom stereocenters. The van der Waals surface area contributed by atoms with E-state index >= 15 is 0 Å². The summed E-state index contributed by atoms with van der Waals surface area (Å²) < 4.78 is 47.7. The minimum atomic E-state index is -4.72. The lowest BCUT2D eigenvalue weighted by Crippen LogP contribution is -2.47. The van der Waals surface area contributed by atoms with Gasteiger partial charge in [0.25, 0.3) is 0 Å². The molecule has 0 spiro atoms. The van der Waals surface area contributed by atoms with E-state index in [4.69, 9.17) is 4.43 Å². The normalized spacial score (nSPS) is 22.6. The molecule has 0 bridgehead atoms. The van der Waals surface area contributed by atoms with Gasteiger partial charge in [-0.3, -0.25) is 0 Å². The van der Waals surface area contributed by atoms with Gasteiger partial charge in [0.15, 0.2) is 8.32 Å². The molecule has 0 amide bonds. The third-order valence-corrected chi connectivity index (χ3v) is 9.35. The van der Waals surface area contributed by atoms with E-state index in [2.05, 4.69) is 43.6 Å². The highest BCUT2D eigenvalue weighted by molar-refractivity contribution is 6.74. The largest absolute Gasteiger partial charge is 0.574 e. The van der Waals surface area contributed by atoms with Gasteiger partial charge in [-0.25, -0.2) is 4.98 Å². The molecule has 0 unspecified atom stereocenters. The molecule has 1 aliphatic carbocycles. The average molecular weight is 347 g/mol.